The van der Waals surface area contributed by atoms with Crippen molar-refractivity contribution in [1.82, 2.24) is 20.1 Å². The molecule has 0 radical (unpaired) electrons. The van der Waals surface area contributed by atoms with Gasteiger partial charge in [0.2, 0.25) is 5.91 Å². The SMILES string of the molecule is CC[C@@H](C(=O)Nc1nccs1)N1CCCN(C)C2(CCNCC2)C1. The van der Waals surface area contributed by atoms with Gasteiger partial charge in [-0.05, 0) is 52.4 Å². The topological polar surface area (TPSA) is 60.5 Å². The van der Waals surface area contributed by atoms with Crippen molar-refractivity contribution in [2.75, 3.05) is 45.1 Å². The number of aromatic nitrogens is 1. The Balaban J connectivity index is 1.73. The molecule has 24 heavy (non-hydrogen) atoms. The molecule has 2 N–H and O–H groups in total. The number of rotatable bonds is 4. The quantitative estimate of drug-likeness (QED) is 0.863. The van der Waals surface area contributed by atoms with Crippen LogP contribution in [0, 0.1) is 0 Å². The first-order valence-corrected chi connectivity index (χ1v) is 9.89. The lowest BCUT2D eigenvalue weighted by molar-refractivity contribution is -0.122. The molecule has 0 unspecified atom stereocenters. The molecule has 6 nitrogen and oxygen atoms in total. The molecule has 0 bridgehead atoms. The van der Waals surface area contributed by atoms with Crippen LogP contribution in [-0.4, -0.2) is 72.0 Å². The summed E-state index contributed by atoms with van der Waals surface area (Å²) in [4.78, 5) is 21.9. The van der Waals surface area contributed by atoms with Crippen LogP contribution in [0.4, 0.5) is 5.13 Å². The minimum absolute atomic E-state index is 0.0767. The fraction of sp³-hybridized carbons (Fsp3) is 0.765. The van der Waals surface area contributed by atoms with Gasteiger partial charge in [-0.15, -0.1) is 11.3 Å². The molecule has 2 aliphatic rings. The number of carbonyl (C=O) groups excluding carboxylic acids is 1. The second kappa shape index (κ2) is 7.91. The highest BCUT2D eigenvalue weighted by molar-refractivity contribution is 7.13. The summed E-state index contributed by atoms with van der Waals surface area (Å²) in [7, 11) is 2.26. The smallest absolute Gasteiger partial charge is 0.243 e. The van der Waals surface area contributed by atoms with Crippen LogP contribution in [0.25, 0.3) is 0 Å². The van der Waals surface area contributed by atoms with Crippen LogP contribution in [0.1, 0.15) is 32.6 Å². The average molecular weight is 352 g/mol. The van der Waals surface area contributed by atoms with E-state index >= 15 is 0 Å². The van der Waals surface area contributed by atoms with Crippen molar-refractivity contribution in [2.45, 2.75) is 44.2 Å². The minimum Gasteiger partial charge on any atom is -0.317 e. The van der Waals surface area contributed by atoms with Crippen LogP contribution >= 0.6 is 11.3 Å². The summed E-state index contributed by atoms with van der Waals surface area (Å²) in [5, 5.41) is 9.06. The van der Waals surface area contributed by atoms with E-state index in [1.54, 1.807) is 6.20 Å². The summed E-state index contributed by atoms with van der Waals surface area (Å²) in [6.45, 7) is 7.33. The molecule has 1 aromatic rings. The van der Waals surface area contributed by atoms with Gasteiger partial charge in [0.1, 0.15) is 0 Å². The summed E-state index contributed by atoms with van der Waals surface area (Å²) in [5.74, 6) is 0.0843. The number of hydrogen-bond acceptors (Lipinski definition) is 6. The Labute approximate surface area is 148 Å². The number of hydrogen-bond donors (Lipinski definition) is 2. The molecule has 1 spiro atoms. The molecule has 0 aliphatic carbocycles. The zero-order valence-corrected chi connectivity index (χ0v) is 15.6. The maximum Gasteiger partial charge on any atom is 0.243 e. The van der Waals surface area contributed by atoms with Gasteiger partial charge in [-0.3, -0.25) is 14.6 Å². The normalized spacial score (nSPS) is 23.8. The van der Waals surface area contributed by atoms with Gasteiger partial charge in [0.25, 0.3) is 0 Å². The predicted octanol–water partition coefficient (Wildman–Crippen LogP) is 1.62. The Morgan fingerprint density at radius 2 is 2.25 bits per heavy atom. The molecule has 2 fully saturated rings. The number of amides is 1. The van der Waals surface area contributed by atoms with E-state index in [1.807, 2.05) is 5.38 Å². The number of likely N-dealkylation sites (N-methyl/N-ethyl adjacent to an activating group) is 1. The van der Waals surface area contributed by atoms with E-state index in [0.29, 0.717) is 5.13 Å². The number of thiazole rings is 1. The molecule has 1 aromatic heterocycles. The Morgan fingerprint density at radius 1 is 1.46 bits per heavy atom. The first-order chi connectivity index (χ1) is 11.6. The Kier molecular flexibility index (Phi) is 5.86. The molecule has 2 saturated heterocycles. The summed E-state index contributed by atoms with van der Waals surface area (Å²) in [6, 6.07) is -0.0767. The van der Waals surface area contributed by atoms with Gasteiger partial charge < -0.3 is 10.6 Å². The first-order valence-electron chi connectivity index (χ1n) is 9.01. The molecular weight excluding hydrogens is 322 g/mol. The number of nitrogens with one attached hydrogen (secondary N) is 2. The summed E-state index contributed by atoms with van der Waals surface area (Å²) >= 11 is 1.47. The van der Waals surface area contributed by atoms with E-state index in [-0.39, 0.29) is 17.5 Å². The monoisotopic (exact) mass is 351 g/mol. The largest absolute Gasteiger partial charge is 0.317 e. The van der Waals surface area contributed by atoms with Crippen molar-refractivity contribution < 1.29 is 4.79 Å². The number of anilines is 1. The Bertz CT molecular complexity index is 529. The van der Waals surface area contributed by atoms with Gasteiger partial charge in [-0.2, -0.15) is 0 Å². The minimum atomic E-state index is -0.0767. The second-order valence-electron chi connectivity index (χ2n) is 6.97. The molecule has 3 rings (SSSR count). The molecule has 3 heterocycles. The maximum absolute atomic E-state index is 12.8. The predicted molar refractivity (Wildman–Crippen MR) is 98.5 cm³/mol. The van der Waals surface area contributed by atoms with E-state index in [2.05, 4.69) is 39.4 Å². The molecule has 0 aromatic carbocycles. The highest BCUT2D eigenvalue weighted by Crippen LogP contribution is 2.30. The van der Waals surface area contributed by atoms with Crippen molar-refractivity contribution in [1.29, 1.82) is 0 Å². The molecule has 2 aliphatic heterocycles. The van der Waals surface area contributed by atoms with E-state index in [4.69, 9.17) is 0 Å². The standard InChI is InChI=1S/C17H29N5OS/c1-3-14(15(23)20-16-19-9-12-24-16)22-11-4-10-21(2)17(13-22)5-7-18-8-6-17/h9,12,14,18H,3-8,10-11,13H2,1-2H3,(H,19,20,23)/t14-/m0/s1. The van der Waals surface area contributed by atoms with Crippen molar-refractivity contribution in [3.05, 3.63) is 11.6 Å². The van der Waals surface area contributed by atoms with Crippen LogP contribution in [0.15, 0.2) is 11.6 Å². The van der Waals surface area contributed by atoms with Gasteiger partial charge in [0.15, 0.2) is 5.13 Å². The van der Waals surface area contributed by atoms with Crippen LogP contribution < -0.4 is 10.6 Å². The molecule has 7 heteroatoms. The zero-order chi connectivity index (χ0) is 17.0. The number of carbonyl (C=O) groups is 1. The molecule has 134 valence electrons. The lowest BCUT2D eigenvalue weighted by atomic mass is 9.86. The highest BCUT2D eigenvalue weighted by atomic mass is 32.1. The third-order valence-electron chi connectivity index (χ3n) is 5.57. The lowest BCUT2D eigenvalue weighted by Gasteiger charge is -2.46. The van der Waals surface area contributed by atoms with E-state index in [1.165, 1.54) is 11.3 Å². The third kappa shape index (κ3) is 3.79. The Hall–Kier alpha value is -1.02. The fourth-order valence-electron chi connectivity index (χ4n) is 4.11. The molecule has 1 amide bonds. The second-order valence-corrected chi connectivity index (χ2v) is 7.87. The zero-order valence-electron chi connectivity index (χ0n) is 14.8. The van der Waals surface area contributed by atoms with Gasteiger partial charge in [-0.25, -0.2) is 4.98 Å². The van der Waals surface area contributed by atoms with Crippen LogP contribution in [0.3, 0.4) is 0 Å². The van der Waals surface area contributed by atoms with E-state index in [9.17, 15) is 4.79 Å². The average Bonchev–Trinajstić information content (AvgIpc) is 3.03. The third-order valence-corrected chi connectivity index (χ3v) is 6.26. The van der Waals surface area contributed by atoms with Gasteiger partial charge in [0.05, 0.1) is 6.04 Å². The summed E-state index contributed by atoms with van der Waals surface area (Å²) in [6.07, 6.45) is 5.99. The molecule has 1 atom stereocenters. The van der Waals surface area contributed by atoms with Gasteiger partial charge in [0, 0.05) is 30.2 Å². The van der Waals surface area contributed by atoms with E-state index in [0.717, 1.165) is 58.4 Å². The van der Waals surface area contributed by atoms with Crippen molar-refractivity contribution in [3.63, 3.8) is 0 Å². The fourth-order valence-corrected chi connectivity index (χ4v) is 4.64. The van der Waals surface area contributed by atoms with Crippen molar-refractivity contribution in [3.8, 4) is 0 Å². The number of nitrogens with zero attached hydrogens (tertiary/aromatic N) is 3. The van der Waals surface area contributed by atoms with Crippen molar-refractivity contribution in [2.24, 2.45) is 0 Å². The Morgan fingerprint density at radius 3 is 2.92 bits per heavy atom. The molecule has 0 saturated carbocycles. The van der Waals surface area contributed by atoms with E-state index < -0.39 is 0 Å². The van der Waals surface area contributed by atoms with Gasteiger partial charge >= 0.3 is 0 Å². The van der Waals surface area contributed by atoms with Crippen LogP contribution in [0.5, 0.6) is 0 Å². The molecular formula is C17H29N5OS. The maximum atomic E-state index is 12.8. The first kappa shape index (κ1) is 17.8. The van der Waals surface area contributed by atoms with Crippen LogP contribution in [0.2, 0.25) is 0 Å². The lowest BCUT2D eigenvalue weighted by Crippen LogP contribution is -2.59. The highest BCUT2D eigenvalue weighted by Gasteiger charge is 2.41. The van der Waals surface area contributed by atoms with Crippen LogP contribution in [-0.2, 0) is 4.79 Å². The van der Waals surface area contributed by atoms with Gasteiger partial charge in [-0.1, -0.05) is 6.92 Å². The number of piperidine rings is 1. The summed E-state index contributed by atoms with van der Waals surface area (Å²) in [5.41, 5.74) is 0.205. The van der Waals surface area contributed by atoms with Crippen molar-refractivity contribution >= 4 is 22.4 Å². The summed E-state index contributed by atoms with van der Waals surface area (Å²) < 4.78 is 0.